The van der Waals surface area contributed by atoms with Crippen LogP contribution in [-0.2, 0) is 4.79 Å². The molecule has 0 aliphatic rings. The number of hydrogen-bond donors (Lipinski definition) is 2. The molecule has 2 aromatic rings. The molecule has 0 aromatic heterocycles. The van der Waals surface area contributed by atoms with Gasteiger partial charge in [-0.05, 0) is 23.8 Å². The lowest BCUT2D eigenvalue weighted by Crippen LogP contribution is -2.27. The molecule has 0 aliphatic carbocycles. The lowest BCUT2D eigenvalue weighted by Gasteiger charge is -2.15. The summed E-state index contributed by atoms with van der Waals surface area (Å²) in [5.74, 6) is 2.04. The van der Waals surface area contributed by atoms with Crippen LogP contribution in [-0.4, -0.2) is 12.5 Å². The predicted octanol–water partition coefficient (Wildman–Crippen LogP) is 2.35. The van der Waals surface area contributed by atoms with Crippen molar-refractivity contribution in [3.63, 3.8) is 0 Å². The van der Waals surface area contributed by atoms with E-state index in [9.17, 15) is 4.79 Å². The van der Waals surface area contributed by atoms with Gasteiger partial charge in [0, 0.05) is 17.8 Å². The van der Waals surface area contributed by atoms with Crippen molar-refractivity contribution in [2.75, 3.05) is 11.9 Å². The predicted molar refractivity (Wildman–Crippen MR) is 81.2 cm³/mol. The van der Waals surface area contributed by atoms with Crippen molar-refractivity contribution in [2.24, 2.45) is 5.73 Å². The maximum absolute atomic E-state index is 12.3. The van der Waals surface area contributed by atoms with Crippen LogP contribution >= 0.6 is 0 Å². The van der Waals surface area contributed by atoms with Crippen LogP contribution in [0.4, 0.5) is 5.69 Å². The summed E-state index contributed by atoms with van der Waals surface area (Å²) in [6.07, 6.45) is 5.34. The second-order valence-electron chi connectivity index (χ2n) is 4.41. The third-order valence-electron chi connectivity index (χ3n) is 3.05. The molecular formula is C17H16N2O. The summed E-state index contributed by atoms with van der Waals surface area (Å²) in [5.41, 5.74) is 8.03. The number of carbonyl (C=O) groups is 1. The molecule has 0 bridgehead atoms. The van der Waals surface area contributed by atoms with Gasteiger partial charge in [-0.1, -0.05) is 42.3 Å². The molecule has 3 N–H and O–H groups in total. The van der Waals surface area contributed by atoms with Gasteiger partial charge in [0.15, 0.2) is 0 Å². The molecule has 0 spiro atoms. The summed E-state index contributed by atoms with van der Waals surface area (Å²) in [6.45, 7) is 0.255. The van der Waals surface area contributed by atoms with Crippen LogP contribution in [0.5, 0.6) is 0 Å². The van der Waals surface area contributed by atoms with Gasteiger partial charge in [0.25, 0.3) is 0 Å². The van der Waals surface area contributed by atoms with Crippen LogP contribution in [0.25, 0.3) is 0 Å². The molecule has 1 amide bonds. The minimum absolute atomic E-state index is 0.132. The van der Waals surface area contributed by atoms with Crippen molar-refractivity contribution in [2.45, 2.75) is 5.92 Å². The van der Waals surface area contributed by atoms with Crippen molar-refractivity contribution in [1.29, 1.82) is 0 Å². The third-order valence-corrected chi connectivity index (χ3v) is 3.05. The Hall–Kier alpha value is -2.57. The average Bonchev–Trinajstić information content (AvgIpc) is 2.49. The monoisotopic (exact) mass is 264 g/mol. The van der Waals surface area contributed by atoms with Gasteiger partial charge in [-0.15, -0.1) is 6.42 Å². The molecule has 2 aromatic carbocycles. The number of terminal acetylenes is 1. The van der Waals surface area contributed by atoms with Gasteiger partial charge in [0.05, 0.1) is 5.92 Å². The number of benzene rings is 2. The molecule has 0 fully saturated rings. The lowest BCUT2D eigenvalue weighted by molar-refractivity contribution is -0.117. The zero-order chi connectivity index (χ0) is 14.4. The summed E-state index contributed by atoms with van der Waals surface area (Å²) in [5, 5.41) is 2.85. The largest absolute Gasteiger partial charge is 0.329 e. The topological polar surface area (TPSA) is 55.1 Å². The van der Waals surface area contributed by atoms with E-state index in [0.29, 0.717) is 5.69 Å². The first-order valence-corrected chi connectivity index (χ1v) is 6.37. The summed E-state index contributed by atoms with van der Waals surface area (Å²) >= 11 is 0. The number of nitrogens with one attached hydrogen (secondary N) is 1. The Labute approximate surface area is 118 Å². The fourth-order valence-corrected chi connectivity index (χ4v) is 2.00. The highest BCUT2D eigenvalue weighted by atomic mass is 16.1. The zero-order valence-corrected chi connectivity index (χ0v) is 11.0. The Morgan fingerprint density at radius 2 is 1.95 bits per heavy atom. The smallest absolute Gasteiger partial charge is 0.233 e. The minimum atomic E-state index is -0.370. The van der Waals surface area contributed by atoms with Gasteiger partial charge in [-0.3, -0.25) is 4.79 Å². The molecule has 20 heavy (non-hydrogen) atoms. The number of carbonyl (C=O) groups excluding carboxylic acids is 1. The highest BCUT2D eigenvalue weighted by Crippen LogP contribution is 2.18. The Kier molecular flexibility index (Phi) is 4.54. The van der Waals surface area contributed by atoms with Gasteiger partial charge in [-0.25, -0.2) is 0 Å². The van der Waals surface area contributed by atoms with Gasteiger partial charge < -0.3 is 11.1 Å². The summed E-state index contributed by atoms with van der Waals surface area (Å²) in [4.78, 5) is 12.3. The van der Waals surface area contributed by atoms with E-state index in [0.717, 1.165) is 11.1 Å². The average molecular weight is 264 g/mol. The van der Waals surface area contributed by atoms with E-state index in [2.05, 4.69) is 11.2 Å². The van der Waals surface area contributed by atoms with Crippen LogP contribution in [0, 0.1) is 12.3 Å². The van der Waals surface area contributed by atoms with E-state index in [1.54, 1.807) is 12.1 Å². The molecule has 3 nitrogen and oxygen atoms in total. The molecule has 0 heterocycles. The van der Waals surface area contributed by atoms with E-state index >= 15 is 0 Å². The number of hydrogen-bond acceptors (Lipinski definition) is 2. The highest BCUT2D eigenvalue weighted by Gasteiger charge is 2.18. The fraction of sp³-hybridized carbons (Fsp3) is 0.118. The van der Waals surface area contributed by atoms with Crippen molar-refractivity contribution < 1.29 is 4.79 Å². The molecule has 100 valence electrons. The quantitative estimate of drug-likeness (QED) is 0.833. The molecule has 0 saturated carbocycles. The van der Waals surface area contributed by atoms with Crippen molar-refractivity contribution >= 4 is 11.6 Å². The number of amides is 1. The third kappa shape index (κ3) is 3.25. The van der Waals surface area contributed by atoms with Crippen molar-refractivity contribution in [3.05, 3.63) is 65.7 Å². The van der Waals surface area contributed by atoms with Crippen molar-refractivity contribution in [1.82, 2.24) is 0 Å². The second kappa shape index (κ2) is 6.55. The Morgan fingerprint density at radius 3 is 2.60 bits per heavy atom. The normalized spacial score (nSPS) is 11.4. The Bertz CT molecular complexity index is 629. The SMILES string of the molecule is C#Cc1cccc(NC(=O)C(CN)c2ccccc2)c1. The van der Waals surface area contributed by atoms with Crippen LogP contribution in [0.3, 0.4) is 0 Å². The van der Waals surface area contributed by atoms with Crippen LogP contribution in [0.2, 0.25) is 0 Å². The molecule has 1 unspecified atom stereocenters. The molecule has 0 saturated heterocycles. The highest BCUT2D eigenvalue weighted by molar-refractivity contribution is 5.96. The second-order valence-corrected chi connectivity index (χ2v) is 4.41. The fourth-order valence-electron chi connectivity index (χ4n) is 2.00. The summed E-state index contributed by atoms with van der Waals surface area (Å²) < 4.78 is 0. The standard InChI is InChI=1S/C17H16N2O/c1-2-13-7-6-10-15(11-13)19-17(20)16(12-18)14-8-4-3-5-9-14/h1,3-11,16H,12,18H2,(H,19,20). The first-order valence-electron chi connectivity index (χ1n) is 6.37. The first kappa shape index (κ1) is 13.9. The van der Waals surface area contributed by atoms with Gasteiger partial charge in [0.2, 0.25) is 5.91 Å². The minimum Gasteiger partial charge on any atom is -0.329 e. The van der Waals surface area contributed by atoms with Gasteiger partial charge in [-0.2, -0.15) is 0 Å². The molecule has 2 rings (SSSR count). The summed E-state index contributed by atoms with van der Waals surface area (Å²) in [6, 6.07) is 16.7. The zero-order valence-electron chi connectivity index (χ0n) is 11.0. The Balaban J connectivity index is 2.16. The van der Waals surface area contributed by atoms with E-state index in [4.69, 9.17) is 12.2 Å². The molecule has 1 atom stereocenters. The molecule has 0 aliphatic heterocycles. The maximum Gasteiger partial charge on any atom is 0.233 e. The Morgan fingerprint density at radius 1 is 1.20 bits per heavy atom. The van der Waals surface area contributed by atoms with E-state index in [1.165, 1.54) is 0 Å². The van der Waals surface area contributed by atoms with Gasteiger partial charge in [0.1, 0.15) is 0 Å². The van der Waals surface area contributed by atoms with Gasteiger partial charge >= 0.3 is 0 Å². The van der Waals surface area contributed by atoms with Crippen molar-refractivity contribution in [3.8, 4) is 12.3 Å². The number of anilines is 1. The van der Waals surface area contributed by atoms with Crippen LogP contribution < -0.4 is 11.1 Å². The van der Waals surface area contributed by atoms with E-state index < -0.39 is 0 Å². The molecule has 0 radical (unpaired) electrons. The number of nitrogens with two attached hydrogens (primary N) is 1. The molecular weight excluding hydrogens is 248 g/mol. The maximum atomic E-state index is 12.3. The van der Waals surface area contributed by atoms with Crippen LogP contribution in [0.15, 0.2) is 54.6 Å². The summed E-state index contributed by atoms with van der Waals surface area (Å²) in [7, 11) is 0. The van der Waals surface area contributed by atoms with E-state index in [1.807, 2.05) is 42.5 Å². The molecule has 3 heteroatoms. The van der Waals surface area contributed by atoms with E-state index in [-0.39, 0.29) is 18.4 Å². The lowest BCUT2D eigenvalue weighted by atomic mass is 9.98. The first-order chi connectivity index (χ1) is 9.74. The van der Waals surface area contributed by atoms with Crippen LogP contribution in [0.1, 0.15) is 17.0 Å². The number of rotatable bonds is 4.